The first-order chi connectivity index (χ1) is 12.1. The minimum absolute atomic E-state index is 0.0328. The van der Waals surface area contributed by atoms with Crippen LogP contribution < -0.4 is 5.32 Å². The SMILES string of the molecule is Cc1cc(C)cc(CCNC(=O)N2CCN(Cc3ccon3)CC2)c1. The molecule has 1 aliphatic rings. The molecule has 1 aliphatic heterocycles. The molecule has 2 amide bonds. The molecular formula is C19H26N4O2. The maximum atomic E-state index is 12.3. The first-order valence-electron chi connectivity index (χ1n) is 8.82. The van der Waals surface area contributed by atoms with Gasteiger partial charge in [-0.2, -0.15) is 0 Å². The van der Waals surface area contributed by atoms with E-state index in [0.717, 1.165) is 44.8 Å². The first kappa shape index (κ1) is 17.5. The van der Waals surface area contributed by atoms with Gasteiger partial charge < -0.3 is 14.7 Å². The van der Waals surface area contributed by atoms with Crippen molar-refractivity contribution in [3.63, 3.8) is 0 Å². The Hall–Kier alpha value is -2.34. The Bertz CT molecular complexity index is 671. The minimum atomic E-state index is 0.0328. The number of rotatable bonds is 5. The summed E-state index contributed by atoms with van der Waals surface area (Å²) in [4.78, 5) is 16.5. The number of amides is 2. The lowest BCUT2D eigenvalue weighted by Crippen LogP contribution is -2.51. The van der Waals surface area contributed by atoms with Crippen LogP contribution in [0.5, 0.6) is 0 Å². The van der Waals surface area contributed by atoms with Gasteiger partial charge in [-0.05, 0) is 25.8 Å². The van der Waals surface area contributed by atoms with Crippen LogP contribution in [0.1, 0.15) is 22.4 Å². The zero-order valence-corrected chi connectivity index (χ0v) is 15.0. The molecule has 2 heterocycles. The summed E-state index contributed by atoms with van der Waals surface area (Å²) < 4.78 is 4.86. The summed E-state index contributed by atoms with van der Waals surface area (Å²) in [5.41, 5.74) is 4.75. The maximum absolute atomic E-state index is 12.3. The zero-order valence-electron chi connectivity index (χ0n) is 15.0. The lowest BCUT2D eigenvalue weighted by Gasteiger charge is -2.34. The summed E-state index contributed by atoms with van der Waals surface area (Å²) in [7, 11) is 0. The standard InChI is InChI=1S/C19H26N4O2/c1-15-11-16(2)13-17(12-15)3-5-20-19(24)23-8-6-22(7-9-23)14-18-4-10-25-21-18/h4,10-13H,3,5-9,14H2,1-2H3,(H,20,24). The van der Waals surface area contributed by atoms with Gasteiger partial charge in [-0.15, -0.1) is 0 Å². The number of carbonyl (C=O) groups is 1. The highest BCUT2D eigenvalue weighted by Gasteiger charge is 2.21. The highest BCUT2D eigenvalue weighted by Crippen LogP contribution is 2.10. The molecule has 0 saturated carbocycles. The van der Waals surface area contributed by atoms with Gasteiger partial charge >= 0.3 is 6.03 Å². The van der Waals surface area contributed by atoms with Gasteiger partial charge in [0.25, 0.3) is 0 Å². The number of nitrogens with one attached hydrogen (secondary N) is 1. The van der Waals surface area contributed by atoms with Crippen molar-refractivity contribution >= 4 is 6.03 Å². The minimum Gasteiger partial charge on any atom is -0.364 e. The molecule has 0 unspecified atom stereocenters. The zero-order chi connectivity index (χ0) is 17.6. The molecule has 1 aromatic heterocycles. The van der Waals surface area contributed by atoms with E-state index in [1.807, 2.05) is 11.0 Å². The van der Waals surface area contributed by atoms with Crippen molar-refractivity contribution < 1.29 is 9.32 Å². The van der Waals surface area contributed by atoms with Crippen LogP contribution in [0.3, 0.4) is 0 Å². The Kier molecular flexibility index (Phi) is 5.71. The molecule has 0 atom stereocenters. The summed E-state index contributed by atoms with van der Waals surface area (Å²) in [5, 5.41) is 6.98. The van der Waals surface area contributed by atoms with E-state index in [9.17, 15) is 4.79 Å². The number of benzene rings is 1. The average molecular weight is 342 g/mol. The fourth-order valence-electron chi connectivity index (χ4n) is 3.30. The normalized spacial score (nSPS) is 15.4. The third kappa shape index (κ3) is 5.06. The van der Waals surface area contributed by atoms with Crippen molar-refractivity contribution in [2.45, 2.75) is 26.8 Å². The van der Waals surface area contributed by atoms with E-state index in [1.54, 1.807) is 6.26 Å². The topological polar surface area (TPSA) is 61.6 Å². The van der Waals surface area contributed by atoms with Crippen LogP contribution in [0.25, 0.3) is 0 Å². The fraction of sp³-hybridized carbons (Fsp3) is 0.474. The molecule has 25 heavy (non-hydrogen) atoms. The van der Waals surface area contributed by atoms with Crippen LogP contribution in [0.15, 0.2) is 35.1 Å². The van der Waals surface area contributed by atoms with Crippen molar-refractivity contribution in [2.24, 2.45) is 0 Å². The lowest BCUT2D eigenvalue weighted by molar-refractivity contribution is 0.133. The molecule has 0 spiro atoms. The summed E-state index contributed by atoms with van der Waals surface area (Å²) in [5.74, 6) is 0. The quantitative estimate of drug-likeness (QED) is 0.906. The van der Waals surface area contributed by atoms with Crippen LogP contribution in [0.2, 0.25) is 0 Å². The van der Waals surface area contributed by atoms with Gasteiger partial charge in [0.2, 0.25) is 0 Å². The number of aryl methyl sites for hydroxylation is 2. The van der Waals surface area contributed by atoms with Gasteiger partial charge in [0.1, 0.15) is 6.26 Å². The first-order valence-corrected chi connectivity index (χ1v) is 8.82. The highest BCUT2D eigenvalue weighted by atomic mass is 16.5. The summed E-state index contributed by atoms with van der Waals surface area (Å²) in [6.07, 6.45) is 2.45. The Morgan fingerprint density at radius 3 is 2.52 bits per heavy atom. The van der Waals surface area contributed by atoms with E-state index in [1.165, 1.54) is 16.7 Å². The van der Waals surface area contributed by atoms with Crippen molar-refractivity contribution in [1.82, 2.24) is 20.3 Å². The second kappa shape index (κ2) is 8.16. The van der Waals surface area contributed by atoms with Gasteiger partial charge in [-0.1, -0.05) is 34.5 Å². The maximum Gasteiger partial charge on any atom is 0.317 e. The van der Waals surface area contributed by atoms with E-state index in [0.29, 0.717) is 6.54 Å². The number of urea groups is 1. The van der Waals surface area contributed by atoms with Gasteiger partial charge in [0.05, 0.1) is 5.69 Å². The predicted molar refractivity (Wildman–Crippen MR) is 96.4 cm³/mol. The molecule has 2 aromatic rings. The van der Waals surface area contributed by atoms with Gasteiger partial charge in [0, 0.05) is 45.3 Å². The fourth-order valence-corrected chi connectivity index (χ4v) is 3.30. The summed E-state index contributed by atoms with van der Waals surface area (Å²) in [6, 6.07) is 8.45. The molecule has 1 fully saturated rings. The number of carbonyl (C=O) groups excluding carboxylic acids is 1. The van der Waals surface area contributed by atoms with E-state index in [4.69, 9.17) is 4.52 Å². The highest BCUT2D eigenvalue weighted by molar-refractivity contribution is 5.74. The van der Waals surface area contributed by atoms with Crippen LogP contribution in [0.4, 0.5) is 4.79 Å². The van der Waals surface area contributed by atoms with Crippen molar-refractivity contribution in [2.75, 3.05) is 32.7 Å². The number of aromatic nitrogens is 1. The van der Waals surface area contributed by atoms with Crippen molar-refractivity contribution in [1.29, 1.82) is 0 Å². The number of piperazine rings is 1. The molecule has 6 heteroatoms. The van der Waals surface area contributed by atoms with Crippen LogP contribution in [0, 0.1) is 13.8 Å². The van der Waals surface area contributed by atoms with Crippen molar-refractivity contribution in [3.05, 3.63) is 52.9 Å². The molecule has 0 aliphatic carbocycles. The smallest absolute Gasteiger partial charge is 0.317 e. The second-order valence-electron chi connectivity index (χ2n) is 6.73. The van der Waals surface area contributed by atoms with Crippen molar-refractivity contribution in [3.8, 4) is 0 Å². The van der Waals surface area contributed by atoms with E-state index in [2.05, 4.69) is 47.4 Å². The molecule has 1 aromatic carbocycles. The van der Waals surface area contributed by atoms with E-state index in [-0.39, 0.29) is 6.03 Å². The third-order valence-corrected chi connectivity index (χ3v) is 4.51. The summed E-state index contributed by atoms with van der Waals surface area (Å²) >= 11 is 0. The average Bonchev–Trinajstić information content (AvgIpc) is 3.07. The second-order valence-corrected chi connectivity index (χ2v) is 6.73. The Morgan fingerprint density at radius 2 is 1.88 bits per heavy atom. The Morgan fingerprint density at radius 1 is 1.16 bits per heavy atom. The van der Waals surface area contributed by atoms with Gasteiger partial charge in [0.15, 0.2) is 0 Å². The number of hydrogen-bond donors (Lipinski definition) is 1. The van der Waals surface area contributed by atoms with Crippen LogP contribution in [-0.4, -0.2) is 53.7 Å². The summed E-state index contributed by atoms with van der Waals surface area (Å²) in [6.45, 7) is 8.86. The van der Waals surface area contributed by atoms with E-state index < -0.39 is 0 Å². The largest absolute Gasteiger partial charge is 0.364 e. The number of nitrogens with zero attached hydrogens (tertiary/aromatic N) is 3. The lowest BCUT2D eigenvalue weighted by atomic mass is 10.1. The Labute approximate surface area is 148 Å². The molecule has 1 N–H and O–H groups in total. The predicted octanol–water partition coefficient (Wildman–Crippen LogP) is 2.36. The monoisotopic (exact) mass is 342 g/mol. The van der Waals surface area contributed by atoms with Crippen LogP contribution >= 0.6 is 0 Å². The third-order valence-electron chi connectivity index (χ3n) is 4.51. The van der Waals surface area contributed by atoms with E-state index >= 15 is 0 Å². The molecular weight excluding hydrogens is 316 g/mol. The molecule has 0 bridgehead atoms. The van der Waals surface area contributed by atoms with Gasteiger partial charge in [-0.3, -0.25) is 4.90 Å². The molecule has 0 radical (unpaired) electrons. The molecule has 3 rings (SSSR count). The molecule has 1 saturated heterocycles. The molecule has 6 nitrogen and oxygen atoms in total. The van der Waals surface area contributed by atoms with Gasteiger partial charge in [-0.25, -0.2) is 4.79 Å². The van der Waals surface area contributed by atoms with Crippen LogP contribution in [-0.2, 0) is 13.0 Å². The molecule has 134 valence electrons. The number of hydrogen-bond acceptors (Lipinski definition) is 4. The Balaban J connectivity index is 1.39.